The van der Waals surface area contributed by atoms with E-state index in [2.05, 4.69) is 5.32 Å². The molecule has 3 aliphatic rings. The molecule has 0 aromatic heterocycles. The average molecular weight is 621 g/mol. The molecule has 1 spiro atoms. The number of fused-ring (bicyclic) bond motifs is 2. The van der Waals surface area contributed by atoms with Crippen LogP contribution in [0.1, 0.15) is 59.2 Å². The second-order valence-electron chi connectivity index (χ2n) is 10.8. The van der Waals surface area contributed by atoms with Crippen LogP contribution in [-0.4, -0.2) is 31.9 Å². The highest BCUT2D eigenvalue weighted by Gasteiger charge is 2.60. The maximum atomic E-state index is 14.2. The second-order valence-corrected chi connectivity index (χ2v) is 14.2. The molecule has 41 heavy (non-hydrogen) atoms. The van der Waals surface area contributed by atoms with Crippen LogP contribution in [0.25, 0.3) is 0 Å². The Morgan fingerprint density at radius 3 is 2.39 bits per heavy atom. The normalized spacial score (nSPS) is 19.9. The van der Waals surface area contributed by atoms with E-state index in [0.717, 1.165) is 36.5 Å². The van der Waals surface area contributed by atoms with Gasteiger partial charge in [0.2, 0.25) is 0 Å². The molecule has 0 radical (unpaired) electrons. The van der Waals surface area contributed by atoms with Crippen molar-refractivity contribution in [3.05, 3.63) is 93.8 Å². The number of benzene rings is 3. The Bertz CT molecular complexity index is 1590. The first-order valence-electron chi connectivity index (χ1n) is 13.5. The minimum Gasteiger partial charge on any atom is -0.348 e. The molecule has 11 heteroatoms. The van der Waals surface area contributed by atoms with Gasteiger partial charge in [0, 0.05) is 23.1 Å². The zero-order chi connectivity index (χ0) is 28.9. The van der Waals surface area contributed by atoms with Crippen LogP contribution < -0.4 is 9.62 Å². The molecule has 5 nitrogen and oxygen atoms in total. The zero-order valence-electron chi connectivity index (χ0n) is 22.0. The smallest absolute Gasteiger partial charge is 0.264 e. The van der Waals surface area contributed by atoms with Crippen molar-refractivity contribution in [2.45, 2.75) is 55.0 Å². The van der Waals surface area contributed by atoms with Crippen molar-refractivity contribution in [2.24, 2.45) is 5.92 Å². The molecule has 2 heterocycles. The molecular formula is C30H28ClF3N2O3S2. The molecule has 3 aromatic carbocycles. The van der Waals surface area contributed by atoms with E-state index >= 15 is 0 Å². The number of anilines is 1. The number of nitrogens with zero attached hydrogens (tertiary/aromatic N) is 1. The molecule has 216 valence electrons. The number of halogens is 4. The summed E-state index contributed by atoms with van der Waals surface area (Å²) in [7, 11) is -4.08. The lowest BCUT2D eigenvalue weighted by atomic mass is 9.70. The number of nitrogens with one attached hydrogen (secondary N) is 1. The summed E-state index contributed by atoms with van der Waals surface area (Å²) in [6.07, 6.45) is 0.500. The third-order valence-corrected chi connectivity index (χ3v) is 11.7. The monoisotopic (exact) mass is 620 g/mol. The summed E-state index contributed by atoms with van der Waals surface area (Å²) in [5.41, 5.74) is 0.850. The van der Waals surface area contributed by atoms with E-state index in [1.165, 1.54) is 34.6 Å². The molecule has 1 atom stereocenters. The van der Waals surface area contributed by atoms with Crippen molar-refractivity contribution in [2.75, 3.05) is 15.8 Å². The van der Waals surface area contributed by atoms with E-state index in [-0.39, 0.29) is 39.5 Å². The fourth-order valence-electron chi connectivity index (χ4n) is 6.43. The summed E-state index contributed by atoms with van der Waals surface area (Å²) < 4.78 is 70.4. The standard InChI is InChI=1S/C30H28ClF3N2O3S2/c31-26-23(29(37)35-17-19-3-1-2-4-22(19)28(33)34)11-12-24-25(26)30(13-15-40-16-14-30)27(18-5-6-18)36(24)41(38,39)21-9-7-20(32)8-10-21/h1-4,7-12,18,27-28H,5-6,13-17H2,(H,35,37). The Balaban J connectivity index is 1.43. The molecule has 2 fully saturated rings. The van der Waals surface area contributed by atoms with Gasteiger partial charge in [-0.15, -0.1) is 0 Å². The maximum absolute atomic E-state index is 14.2. The van der Waals surface area contributed by atoms with E-state index in [4.69, 9.17) is 11.6 Å². The second kappa shape index (κ2) is 10.9. The van der Waals surface area contributed by atoms with Gasteiger partial charge in [0.15, 0.2) is 0 Å². The lowest BCUT2D eigenvalue weighted by molar-refractivity contribution is 0.0949. The van der Waals surface area contributed by atoms with Gasteiger partial charge in [-0.25, -0.2) is 21.6 Å². The van der Waals surface area contributed by atoms with Gasteiger partial charge in [0.1, 0.15) is 5.82 Å². The van der Waals surface area contributed by atoms with Crippen LogP contribution in [-0.2, 0) is 22.0 Å². The highest BCUT2D eigenvalue weighted by atomic mass is 35.5. The largest absolute Gasteiger partial charge is 0.348 e. The molecule has 3 aromatic rings. The highest BCUT2D eigenvalue weighted by molar-refractivity contribution is 7.99. The lowest BCUT2D eigenvalue weighted by Crippen LogP contribution is -2.50. The number of carbonyl (C=O) groups excluding carboxylic acids is 1. The van der Waals surface area contributed by atoms with Crippen LogP contribution in [0, 0.1) is 11.7 Å². The van der Waals surface area contributed by atoms with E-state index in [1.54, 1.807) is 30.0 Å². The van der Waals surface area contributed by atoms with Gasteiger partial charge < -0.3 is 5.32 Å². The Labute approximate surface area is 246 Å². The summed E-state index contributed by atoms with van der Waals surface area (Å²) >= 11 is 8.85. The molecule has 1 aliphatic carbocycles. The molecule has 1 unspecified atom stereocenters. The summed E-state index contributed by atoms with van der Waals surface area (Å²) in [5, 5.41) is 2.92. The summed E-state index contributed by atoms with van der Waals surface area (Å²) in [4.78, 5) is 13.4. The van der Waals surface area contributed by atoms with Gasteiger partial charge in [0.05, 0.1) is 27.2 Å². The maximum Gasteiger partial charge on any atom is 0.264 e. The van der Waals surface area contributed by atoms with Crippen molar-refractivity contribution >= 4 is 45.0 Å². The Morgan fingerprint density at radius 2 is 1.73 bits per heavy atom. The zero-order valence-corrected chi connectivity index (χ0v) is 24.3. The first-order valence-corrected chi connectivity index (χ1v) is 16.5. The summed E-state index contributed by atoms with van der Waals surface area (Å²) in [5.74, 6) is 0.735. The van der Waals surface area contributed by atoms with E-state index in [1.807, 2.05) is 0 Å². The number of rotatable bonds is 7. The van der Waals surface area contributed by atoms with E-state index < -0.39 is 33.6 Å². The van der Waals surface area contributed by atoms with Gasteiger partial charge in [-0.3, -0.25) is 9.10 Å². The van der Waals surface area contributed by atoms with Crippen molar-refractivity contribution in [1.82, 2.24) is 5.32 Å². The first-order chi connectivity index (χ1) is 19.6. The number of thioether (sulfide) groups is 1. The van der Waals surface area contributed by atoms with Gasteiger partial charge >= 0.3 is 0 Å². The number of carbonyl (C=O) groups is 1. The topological polar surface area (TPSA) is 66.5 Å². The number of alkyl halides is 2. The van der Waals surface area contributed by atoms with Gasteiger partial charge in [0.25, 0.3) is 22.4 Å². The van der Waals surface area contributed by atoms with E-state index in [0.29, 0.717) is 29.7 Å². The summed E-state index contributed by atoms with van der Waals surface area (Å²) in [6, 6.07) is 13.6. The molecule has 6 rings (SSSR count). The number of amides is 1. The molecule has 2 aliphatic heterocycles. The predicted molar refractivity (Wildman–Crippen MR) is 155 cm³/mol. The highest BCUT2D eigenvalue weighted by Crippen LogP contribution is 2.61. The molecule has 1 amide bonds. The van der Waals surface area contributed by atoms with Crippen molar-refractivity contribution < 1.29 is 26.4 Å². The van der Waals surface area contributed by atoms with Gasteiger partial charge in [-0.2, -0.15) is 11.8 Å². The Morgan fingerprint density at radius 1 is 1.05 bits per heavy atom. The third kappa shape index (κ3) is 4.91. The SMILES string of the molecule is O=C(NCc1ccccc1C(F)F)c1ccc2c(c1Cl)C1(CCSCC1)C(C1CC1)N2S(=O)(=O)c1ccc(F)cc1. The van der Waals surface area contributed by atoms with Crippen LogP contribution in [0.3, 0.4) is 0 Å². The van der Waals surface area contributed by atoms with Crippen LogP contribution in [0.5, 0.6) is 0 Å². The fraction of sp³-hybridized carbons (Fsp3) is 0.367. The van der Waals surface area contributed by atoms with Crippen molar-refractivity contribution in [3.63, 3.8) is 0 Å². The molecule has 1 N–H and O–H groups in total. The van der Waals surface area contributed by atoms with Crippen molar-refractivity contribution in [1.29, 1.82) is 0 Å². The minimum atomic E-state index is -4.08. The average Bonchev–Trinajstić information content (AvgIpc) is 3.76. The Hall–Kier alpha value is -2.69. The molecule has 0 bridgehead atoms. The molecule has 1 saturated carbocycles. The summed E-state index contributed by atoms with van der Waals surface area (Å²) in [6.45, 7) is -0.107. The van der Waals surface area contributed by atoms with Crippen molar-refractivity contribution in [3.8, 4) is 0 Å². The third-order valence-electron chi connectivity index (χ3n) is 8.47. The van der Waals surface area contributed by atoms with Gasteiger partial charge in [-0.1, -0.05) is 35.9 Å². The predicted octanol–water partition coefficient (Wildman–Crippen LogP) is 7.10. The van der Waals surface area contributed by atoms with Gasteiger partial charge in [-0.05, 0) is 85.1 Å². The number of hydrogen-bond acceptors (Lipinski definition) is 4. The van der Waals surface area contributed by atoms with Crippen LogP contribution in [0.4, 0.5) is 18.9 Å². The molecule has 1 saturated heterocycles. The number of sulfonamides is 1. The Kier molecular flexibility index (Phi) is 7.53. The quantitative estimate of drug-likeness (QED) is 0.306. The van der Waals surface area contributed by atoms with Crippen LogP contribution in [0.15, 0.2) is 65.6 Å². The molecular weight excluding hydrogens is 593 g/mol. The van der Waals surface area contributed by atoms with Crippen LogP contribution in [0.2, 0.25) is 5.02 Å². The minimum absolute atomic E-state index is 0.00614. The lowest BCUT2D eigenvalue weighted by Gasteiger charge is -2.42. The fourth-order valence-corrected chi connectivity index (χ4v) is 9.88. The van der Waals surface area contributed by atoms with Crippen LogP contribution >= 0.6 is 23.4 Å². The number of hydrogen-bond donors (Lipinski definition) is 1. The van der Waals surface area contributed by atoms with E-state index in [9.17, 15) is 26.4 Å². The first kappa shape index (κ1) is 28.4.